The summed E-state index contributed by atoms with van der Waals surface area (Å²) < 4.78 is 35.7. The van der Waals surface area contributed by atoms with Crippen LogP contribution >= 0.6 is 15.9 Å². The van der Waals surface area contributed by atoms with Crippen molar-refractivity contribution in [3.63, 3.8) is 0 Å². The highest BCUT2D eigenvalue weighted by atomic mass is 79.9. The molecular formula is C25H16BrN3O3S. The first-order valence-electron chi connectivity index (χ1n) is 10.0. The molecule has 162 valence electrons. The van der Waals surface area contributed by atoms with Crippen molar-refractivity contribution >= 4 is 53.5 Å². The Labute approximate surface area is 198 Å². The molecule has 2 heterocycles. The van der Waals surface area contributed by atoms with Gasteiger partial charge in [0, 0.05) is 29.5 Å². The normalized spacial score (nSPS) is 11.5. The van der Waals surface area contributed by atoms with Crippen LogP contribution in [-0.2, 0) is 16.4 Å². The molecule has 0 saturated carbocycles. The van der Waals surface area contributed by atoms with Crippen molar-refractivity contribution in [2.45, 2.75) is 11.3 Å². The van der Waals surface area contributed by atoms with Crippen LogP contribution in [0.5, 0.6) is 0 Å². The Kier molecular flexibility index (Phi) is 5.36. The molecule has 0 unspecified atom stereocenters. The van der Waals surface area contributed by atoms with E-state index >= 15 is 0 Å². The molecule has 0 radical (unpaired) electrons. The van der Waals surface area contributed by atoms with E-state index in [-0.39, 0.29) is 4.90 Å². The molecular weight excluding hydrogens is 502 g/mol. The van der Waals surface area contributed by atoms with Gasteiger partial charge in [0.1, 0.15) is 16.2 Å². The third kappa shape index (κ3) is 4.09. The Bertz CT molecular complexity index is 1650. The molecule has 33 heavy (non-hydrogen) atoms. The van der Waals surface area contributed by atoms with Gasteiger partial charge >= 0.3 is 0 Å². The summed E-state index contributed by atoms with van der Waals surface area (Å²) in [5.74, 6) is 0.716. The van der Waals surface area contributed by atoms with Crippen molar-refractivity contribution < 1.29 is 12.8 Å². The number of anilines is 1. The van der Waals surface area contributed by atoms with Gasteiger partial charge < -0.3 is 4.42 Å². The highest BCUT2D eigenvalue weighted by Crippen LogP contribution is 2.34. The lowest BCUT2D eigenvalue weighted by Gasteiger charge is -2.10. The topological polar surface area (TPSA) is 96.0 Å². The van der Waals surface area contributed by atoms with E-state index in [4.69, 9.17) is 9.68 Å². The molecule has 1 N–H and O–H groups in total. The number of fused-ring (bicyclic) bond motifs is 2. The van der Waals surface area contributed by atoms with Crippen molar-refractivity contribution in [3.8, 4) is 6.07 Å². The number of nitrogens with zero attached hydrogens (tertiary/aromatic N) is 2. The summed E-state index contributed by atoms with van der Waals surface area (Å²) in [5, 5.41) is 10.6. The number of furan rings is 1. The van der Waals surface area contributed by atoms with Gasteiger partial charge in [0.2, 0.25) is 0 Å². The molecule has 0 atom stereocenters. The largest absolute Gasteiger partial charge is 0.459 e. The maximum atomic E-state index is 13.1. The fourth-order valence-electron chi connectivity index (χ4n) is 3.68. The molecule has 0 aliphatic heterocycles. The van der Waals surface area contributed by atoms with Crippen molar-refractivity contribution in [1.29, 1.82) is 5.26 Å². The summed E-state index contributed by atoms with van der Waals surface area (Å²) in [6.45, 7) is 0. The molecule has 0 fully saturated rings. The van der Waals surface area contributed by atoms with Gasteiger partial charge in [0.05, 0.1) is 27.3 Å². The molecule has 0 aliphatic rings. The molecule has 6 nitrogen and oxygen atoms in total. The van der Waals surface area contributed by atoms with Crippen LogP contribution in [0.15, 0.2) is 92.8 Å². The molecule has 5 rings (SSSR count). The zero-order valence-electron chi connectivity index (χ0n) is 17.1. The van der Waals surface area contributed by atoms with Crippen molar-refractivity contribution in [3.05, 3.63) is 100 Å². The quantitative estimate of drug-likeness (QED) is 0.308. The molecule has 3 aromatic carbocycles. The Morgan fingerprint density at radius 2 is 1.82 bits per heavy atom. The standard InChI is InChI=1S/C25H16BrN3O3S/c26-24-20-11-10-19(14-21(20)32-22(24)13-16-6-8-17(15-27)9-7-16)29-33(30,31)23-5-1-3-18-4-2-12-28-25(18)23/h1-12,14,29H,13H2. The first kappa shape index (κ1) is 21.2. The lowest BCUT2D eigenvalue weighted by atomic mass is 10.1. The van der Waals surface area contributed by atoms with E-state index in [0.717, 1.165) is 20.8 Å². The smallest absolute Gasteiger partial charge is 0.264 e. The summed E-state index contributed by atoms with van der Waals surface area (Å²) in [6, 6.07) is 23.2. The summed E-state index contributed by atoms with van der Waals surface area (Å²) in [6.07, 6.45) is 2.10. The Balaban J connectivity index is 1.46. The van der Waals surface area contributed by atoms with Crippen LogP contribution in [0.25, 0.3) is 21.9 Å². The van der Waals surface area contributed by atoms with E-state index in [9.17, 15) is 8.42 Å². The number of benzene rings is 3. The highest BCUT2D eigenvalue weighted by molar-refractivity contribution is 9.10. The van der Waals surface area contributed by atoms with Crippen molar-refractivity contribution in [2.24, 2.45) is 0 Å². The van der Waals surface area contributed by atoms with Gasteiger partial charge in [-0.1, -0.05) is 30.3 Å². The van der Waals surface area contributed by atoms with E-state index in [1.54, 1.807) is 42.6 Å². The molecule has 8 heteroatoms. The maximum absolute atomic E-state index is 13.1. The lowest BCUT2D eigenvalue weighted by Crippen LogP contribution is -2.13. The molecule has 0 bridgehead atoms. The second kappa shape index (κ2) is 8.35. The third-order valence-electron chi connectivity index (χ3n) is 5.28. The number of nitrogens with one attached hydrogen (secondary N) is 1. The minimum atomic E-state index is -3.86. The fourth-order valence-corrected chi connectivity index (χ4v) is 5.46. The SMILES string of the molecule is N#Cc1ccc(Cc2oc3cc(NS(=O)(=O)c4cccc5cccnc45)ccc3c2Br)cc1. The number of halogens is 1. The number of sulfonamides is 1. The fraction of sp³-hybridized carbons (Fsp3) is 0.0400. The van der Waals surface area contributed by atoms with E-state index in [2.05, 4.69) is 31.7 Å². The van der Waals surface area contributed by atoms with Crippen LogP contribution in [0, 0.1) is 11.3 Å². The summed E-state index contributed by atoms with van der Waals surface area (Å²) in [4.78, 5) is 4.36. The molecule has 0 saturated heterocycles. The number of pyridine rings is 1. The van der Waals surface area contributed by atoms with E-state index in [0.29, 0.717) is 34.5 Å². The third-order valence-corrected chi connectivity index (χ3v) is 7.56. The zero-order chi connectivity index (χ0) is 23.0. The lowest BCUT2D eigenvalue weighted by molar-refractivity contribution is 0.560. The van der Waals surface area contributed by atoms with Gasteiger partial charge in [-0.25, -0.2) is 8.42 Å². The number of aromatic nitrogens is 1. The maximum Gasteiger partial charge on any atom is 0.264 e. The molecule has 0 spiro atoms. The van der Waals surface area contributed by atoms with Crippen LogP contribution < -0.4 is 4.72 Å². The number of rotatable bonds is 5. The zero-order valence-corrected chi connectivity index (χ0v) is 19.5. The highest BCUT2D eigenvalue weighted by Gasteiger charge is 2.20. The minimum Gasteiger partial charge on any atom is -0.459 e. The number of hydrogen-bond acceptors (Lipinski definition) is 5. The average Bonchev–Trinajstić information content (AvgIpc) is 3.13. The molecule has 0 amide bonds. The Morgan fingerprint density at radius 1 is 1.03 bits per heavy atom. The van der Waals surface area contributed by atoms with Crippen molar-refractivity contribution in [1.82, 2.24) is 4.98 Å². The first-order valence-corrected chi connectivity index (χ1v) is 12.3. The average molecular weight is 518 g/mol. The number of nitriles is 1. The van der Waals surface area contributed by atoms with Crippen LogP contribution in [0.2, 0.25) is 0 Å². The van der Waals surface area contributed by atoms with E-state index in [1.165, 1.54) is 6.07 Å². The van der Waals surface area contributed by atoms with Gasteiger partial charge in [-0.15, -0.1) is 0 Å². The Hall–Kier alpha value is -3.67. The first-order chi connectivity index (χ1) is 15.9. The van der Waals surface area contributed by atoms with Gasteiger partial charge in [0.15, 0.2) is 0 Å². The second-order valence-corrected chi connectivity index (χ2v) is 9.92. The van der Waals surface area contributed by atoms with E-state index < -0.39 is 10.0 Å². The predicted octanol–water partition coefficient (Wildman–Crippen LogP) is 6.01. The van der Waals surface area contributed by atoms with Crippen LogP contribution in [0.1, 0.15) is 16.9 Å². The van der Waals surface area contributed by atoms with Gasteiger partial charge in [0.25, 0.3) is 10.0 Å². The predicted molar refractivity (Wildman–Crippen MR) is 130 cm³/mol. The van der Waals surface area contributed by atoms with Crippen LogP contribution in [0.4, 0.5) is 5.69 Å². The van der Waals surface area contributed by atoms with Crippen LogP contribution in [-0.4, -0.2) is 13.4 Å². The van der Waals surface area contributed by atoms with Crippen LogP contribution in [0.3, 0.4) is 0 Å². The van der Waals surface area contributed by atoms with Gasteiger partial charge in [-0.2, -0.15) is 5.26 Å². The summed E-state index contributed by atoms with van der Waals surface area (Å²) >= 11 is 3.59. The number of hydrogen-bond donors (Lipinski definition) is 1. The summed E-state index contributed by atoms with van der Waals surface area (Å²) in [7, 11) is -3.86. The van der Waals surface area contributed by atoms with Gasteiger partial charge in [-0.05, 0) is 57.9 Å². The minimum absolute atomic E-state index is 0.114. The van der Waals surface area contributed by atoms with Crippen molar-refractivity contribution in [2.75, 3.05) is 4.72 Å². The molecule has 2 aromatic heterocycles. The molecule has 0 aliphatic carbocycles. The van der Waals surface area contributed by atoms with Gasteiger partial charge in [-0.3, -0.25) is 9.71 Å². The Morgan fingerprint density at radius 3 is 2.61 bits per heavy atom. The summed E-state index contributed by atoms with van der Waals surface area (Å²) in [5.41, 5.74) is 2.96. The number of para-hydroxylation sites is 1. The monoisotopic (exact) mass is 517 g/mol. The van der Waals surface area contributed by atoms with E-state index in [1.807, 2.05) is 30.3 Å². The molecule has 5 aromatic rings. The second-order valence-electron chi connectivity index (χ2n) is 7.47.